The van der Waals surface area contributed by atoms with Crippen LogP contribution in [0.5, 0.6) is 0 Å². The predicted molar refractivity (Wildman–Crippen MR) is 115 cm³/mol. The lowest BCUT2D eigenvalue weighted by molar-refractivity contribution is -0.137. The zero-order valence-corrected chi connectivity index (χ0v) is 18.0. The second-order valence-electron chi connectivity index (χ2n) is 7.73. The molecule has 2 aromatic carbocycles. The summed E-state index contributed by atoms with van der Waals surface area (Å²) < 4.78 is 96.9. The summed E-state index contributed by atoms with van der Waals surface area (Å²) in [5, 5.41) is 3.88. The maximum Gasteiger partial charge on any atom is 0.416 e. The molecule has 0 radical (unpaired) electrons. The van der Waals surface area contributed by atoms with Crippen LogP contribution in [-0.4, -0.2) is 22.9 Å². The van der Waals surface area contributed by atoms with E-state index >= 15 is 8.78 Å². The number of aromatic nitrogens is 1. The maximum atomic E-state index is 15.5. The number of nitrogens with two attached hydrogens (primary N) is 2. The van der Waals surface area contributed by atoms with E-state index in [1.165, 1.54) is 18.2 Å². The summed E-state index contributed by atoms with van der Waals surface area (Å²) in [6.45, 7) is -0.634. The zero-order chi connectivity index (χ0) is 25.8. The largest absolute Gasteiger partial charge is 0.416 e. The highest BCUT2D eigenvalue weighted by Gasteiger charge is 2.45. The average Bonchev–Trinajstić information content (AvgIpc) is 2.78. The Morgan fingerprint density at radius 3 is 2.14 bits per heavy atom. The Hall–Kier alpha value is -3.67. The fourth-order valence-electron chi connectivity index (χ4n) is 3.49. The number of hydrogen-bond donors (Lipinski definition) is 2. The van der Waals surface area contributed by atoms with Crippen molar-refractivity contribution in [1.82, 2.24) is 9.99 Å². The summed E-state index contributed by atoms with van der Waals surface area (Å²) in [4.78, 5) is 3.81. The first kappa shape index (κ1) is 25.9. The Balaban J connectivity index is 1.87. The molecule has 0 saturated heterocycles. The van der Waals surface area contributed by atoms with Crippen LogP contribution >= 0.6 is 0 Å². The Morgan fingerprint density at radius 2 is 1.60 bits per heavy atom. The van der Waals surface area contributed by atoms with E-state index in [-0.39, 0.29) is 6.42 Å². The van der Waals surface area contributed by atoms with Crippen molar-refractivity contribution in [1.29, 1.82) is 0 Å². The lowest BCUT2D eigenvalue weighted by Crippen LogP contribution is -2.40. The third-order valence-corrected chi connectivity index (χ3v) is 5.24. The van der Waals surface area contributed by atoms with E-state index in [4.69, 9.17) is 11.7 Å². The van der Waals surface area contributed by atoms with E-state index in [2.05, 4.69) is 10.1 Å². The van der Waals surface area contributed by atoms with Crippen LogP contribution in [0.4, 0.5) is 30.7 Å². The topological polar surface area (TPSA) is 80.5 Å². The molecule has 12 heteroatoms. The Labute approximate surface area is 195 Å². The molecule has 0 bridgehead atoms. The molecule has 0 spiro atoms. The predicted octanol–water partition coefficient (Wildman–Crippen LogP) is 4.92. The molecular weight excluding hydrogens is 479 g/mol. The van der Waals surface area contributed by atoms with Crippen molar-refractivity contribution in [2.75, 3.05) is 6.54 Å². The van der Waals surface area contributed by atoms with Crippen LogP contribution in [0.2, 0.25) is 0 Å². The Morgan fingerprint density at radius 1 is 0.943 bits per heavy atom. The summed E-state index contributed by atoms with van der Waals surface area (Å²) >= 11 is 0. The van der Waals surface area contributed by atoms with Gasteiger partial charge in [-0.25, -0.2) is 14.6 Å². The van der Waals surface area contributed by atoms with Crippen LogP contribution in [0.15, 0.2) is 65.9 Å². The minimum atomic E-state index is -4.47. The fraction of sp³-hybridized carbons (Fsp3) is 0.217. The van der Waals surface area contributed by atoms with Crippen LogP contribution in [0.1, 0.15) is 33.9 Å². The molecule has 0 amide bonds. The molecule has 0 aliphatic rings. The van der Waals surface area contributed by atoms with Gasteiger partial charge in [0, 0.05) is 18.8 Å². The van der Waals surface area contributed by atoms with Gasteiger partial charge < -0.3 is 5.84 Å². The SMILES string of the molecule is N/N=C\N(N)CC(c1ccc(F)cc1F)C(F)(F)c1ccc(Cc2ccc(C(F)(F)F)cc2)cn1. The standard InChI is InChI=1S/C23H20F7N5/c24-17-6-7-18(20(25)10-17)19(12-35(32)13-34-31)22(26,27)21-8-3-15(11-33-21)9-14-1-4-16(5-2-14)23(28,29)30/h1-8,10-11,13,19H,9,12,31-32H2/b34-13-. The quantitative estimate of drug-likeness (QED) is 0.152. The molecule has 5 nitrogen and oxygen atoms in total. The Kier molecular flexibility index (Phi) is 7.64. The van der Waals surface area contributed by atoms with Gasteiger partial charge in [-0.05, 0) is 47.4 Å². The van der Waals surface area contributed by atoms with Gasteiger partial charge in [-0.2, -0.15) is 27.1 Å². The van der Waals surface area contributed by atoms with Crippen molar-refractivity contribution in [3.05, 3.63) is 100 Å². The number of rotatable bonds is 8. The summed E-state index contributed by atoms with van der Waals surface area (Å²) in [5.74, 6) is 2.83. The van der Waals surface area contributed by atoms with E-state index in [0.717, 1.165) is 47.9 Å². The lowest BCUT2D eigenvalue weighted by atomic mass is 9.89. The normalized spacial score (nSPS) is 13.3. The molecule has 1 heterocycles. The molecule has 1 atom stereocenters. The number of benzene rings is 2. The number of halogens is 7. The molecule has 35 heavy (non-hydrogen) atoms. The van der Waals surface area contributed by atoms with Crippen molar-refractivity contribution >= 4 is 6.34 Å². The van der Waals surface area contributed by atoms with E-state index < -0.39 is 53.0 Å². The monoisotopic (exact) mass is 499 g/mol. The summed E-state index contributed by atoms with van der Waals surface area (Å²) in [6.07, 6.45) is -2.30. The van der Waals surface area contributed by atoms with Gasteiger partial charge in [0.1, 0.15) is 23.7 Å². The van der Waals surface area contributed by atoms with Crippen molar-refractivity contribution in [3.8, 4) is 0 Å². The molecule has 3 rings (SSSR count). The van der Waals surface area contributed by atoms with E-state index in [1.807, 2.05) is 0 Å². The minimum Gasteiger partial charge on any atom is -0.322 e. The maximum absolute atomic E-state index is 15.5. The van der Waals surface area contributed by atoms with Crippen LogP contribution in [-0.2, 0) is 18.5 Å². The van der Waals surface area contributed by atoms with E-state index in [1.54, 1.807) is 0 Å². The first-order valence-corrected chi connectivity index (χ1v) is 10.1. The molecule has 4 N–H and O–H groups in total. The molecule has 3 aromatic rings. The van der Waals surface area contributed by atoms with Crippen LogP contribution in [0.3, 0.4) is 0 Å². The van der Waals surface area contributed by atoms with Crippen molar-refractivity contribution in [3.63, 3.8) is 0 Å². The highest BCUT2D eigenvalue weighted by atomic mass is 19.4. The molecule has 0 fully saturated rings. The van der Waals surface area contributed by atoms with E-state index in [0.29, 0.717) is 17.2 Å². The number of alkyl halides is 5. The summed E-state index contributed by atoms with van der Waals surface area (Å²) in [6, 6.07) is 9.03. The van der Waals surface area contributed by atoms with Crippen LogP contribution in [0.25, 0.3) is 0 Å². The number of nitrogens with zero attached hydrogens (tertiary/aromatic N) is 3. The average molecular weight is 499 g/mol. The van der Waals surface area contributed by atoms with Gasteiger partial charge in [-0.3, -0.25) is 9.99 Å². The van der Waals surface area contributed by atoms with Gasteiger partial charge in [-0.1, -0.05) is 24.3 Å². The smallest absolute Gasteiger partial charge is 0.322 e. The highest BCUT2D eigenvalue weighted by molar-refractivity contribution is 5.53. The minimum absolute atomic E-state index is 0.149. The van der Waals surface area contributed by atoms with Crippen molar-refractivity contribution in [2.45, 2.75) is 24.4 Å². The van der Waals surface area contributed by atoms with Crippen molar-refractivity contribution in [2.24, 2.45) is 16.8 Å². The van der Waals surface area contributed by atoms with Crippen LogP contribution in [0, 0.1) is 11.6 Å². The fourth-order valence-corrected chi connectivity index (χ4v) is 3.49. The van der Waals surface area contributed by atoms with Gasteiger partial charge in [-0.15, -0.1) is 0 Å². The van der Waals surface area contributed by atoms with Crippen molar-refractivity contribution < 1.29 is 30.7 Å². The molecule has 1 unspecified atom stereocenters. The molecular formula is C23H20F7N5. The molecule has 0 aliphatic carbocycles. The Bertz CT molecular complexity index is 1160. The number of pyridine rings is 1. The number of hydrazine groups is 1. The zero-order valence-electron chi connectivity index (χ0n) is 18.0. The van der Waals surface area contributed by atoms with Gasteiger partial charge in [0.2, 0.25) is 0 Å². The van der Waals surface area contributed by atoms with E-state index in [9.17, 15) is 22.0 Å². The third kappa shape index (κ3) is 6.27. The second-order valence-corrected chi connectivity index (χ2v) is 7.73. The molecule has 0 aliphatic heterocycles. The number of hydrazone groups is 1. The highest BCUT2D eigenvalue weighted by Crippen LogP contribution is 2.42. The van der Waals surface area contributed by atoms with Gasteiger partial charge in [0.15, 0.2) is 0 Å². The number of hydrogen-bond acceptors (Lipinski definition) is 4. The van der Waals surface area contributed by atoms with Crippen LogP contribution < -0.4 is 11.7 Å². The summed E-state index contributed by atoms with van der Waals surface area (Å²) in [7, 11) is 0. The van der Waals surface area contributed by atoms with Gasteiger partial charge >= 0.3 is 6.18 Å². The third-order valence-electron chi connectivity index (χ3n) is 5.24. The van der Waals surface area contributed by atoms with Gasteiger partial charge in [0.05, 0.1) is 11.5 Å². The van der Waals surface area contributed by atoms with Gasteiger partial charge in [0.25, 0.3) is 5.92 Å². The molecule has 186 valence electrons. The molecule has 1 aromatic heterocycles. The molecule has 0 saturated carbocycles. The first-order chi connectivity index (χ1) is 16.4. The first-order valence-electron chi connectivity index (χ1n) is 10.1. The lowest BCUT2D eigenvalue weighted by Gasteiger charge is -2.29. The summed E-state index contributed by atoms with van der Waals surface area (Å²) in [5.41, 5.74) is -1.02. The second kappa shape index (κ2) is 10.3.